The summed E-state index contributed by atoms with van der Waals surface area (Å²) < 4.78 is 5.80. The molecule has 0 bridgehead atoms. The van der Waals surface area contributed by atoms with Crippen molar-refractivity contribution in [3.05, 3.63) is 112 Å². The molecule has 0 unspecified atom stereocenters. The average molecular weight is 384 g/mol. The number of aromatic nitrogens is 2. The minimum Gasteiger partial charge on any atom is -0.453 e. The lowest BCUT2D eigenvalue weighted by Gasteiger charge is -2.19. The van der Waals surface area contributed by atoms with Crippen LogP contribution in [-0.2, 0) is 16.0 Å². The molecule has 3 aromatic carbocycles. The molecule has 5 nitrogen and oxygen atoms in total. The molecule has 0 aliphatic heterocycles. The van der Waals surface area contributed by atoms with E-state index in [1.165, 1.54) is 0 Å². The number of benzene rings is 3. The summed E-state index contributed by atoms with van der Waals surface area (Å²) >= 11 is 0. The number of carbonyl (C=O) groups excluding carboxylic acids is 1. The van der Waals surface area contributed by atoms with Gasteiger partial charge < -0.3 is 9.72 Å². The fourth-order valence-electron chi connectivity index (χ4n) is 3.25. The van der Waals surface area contributed by atoms with Crippen LogP contribution in [0.3, 0.4) is 0 Å². The van der Waals surface area contributed by atoms with Crippen LogP contribution < -0.4 is 5.56 Å². The molecule has 4 rings (SSSR count). The Balaban J connectivity index is 1.50. The third kappa shape index (κ3) is 4.41. The molecule has 5 heteroatoms. The fraction of sp³-hybridized carbons (Fsp3) is 0.125. The number of fused-ring (bicyclic) bond motifs is 1. The second kappa shape index (κ2) is 8.52. The van der Waals surface area contributed by atoms with Gasteiger partial charge in [-0.1, -0.05) is 72.8 Å². The molecule has 0 aliphatic carbocycles. The Morgan fingerprint density at radius 2 is 1.45 bits per heavy atom. The normalized spacial score (nSPS) is 10.9. The van der Waals surface area contributed by atoms with E-state index in [1.54, 1.807) is 18.2 Å². The van der Waals surface area contributed by atoms with E-state index >= 15 is 0 Å². The lowest BCUT2D eigenvalue weighted by atomic mass is 10.0. The molecule has 1 aromatic heterocycles. The van der Waals surface area contributed by atoms with E-state index in [0.29, 0.717) is 23.1 Å². The maximum Gasteiger partial charge on any atom is 0.307 e. The van der Waals surface area contributed by atoms with Gasteiger partial charge in [-0.25, -0.2) is 4.98 Å². The Bertz CT molecular complexity index is 1130. The number of esters is 1. The fourth-order valence-corrected chi connectivity index (χ4v) is 3.25. The Hall–Kier alpha value is -3.73. The van der Waals surface area contributed by atoms with E-state index in [1.807, 2.05) is 66.7 Å². The third-order valence-corrected chi connectivity index (χ3v) is 4.68. The van der Waals surface area contributed by atoms with Gasteiger partial charge in [-0.05, 0) is 23.3 Å². The van der Waals surface area contributed by atoms with Crippen molar-refractivity contribution >= 4 is 16.9 Å². The number of carbonyl (C=O) groups is 1. The number of hydrogen-bond acceptors (Lipinski definition) is 4. The number of nitrogens with zero attached hydrogens (tertiary/aromatic N) is 1. The molecule has 0 atom stereocenters. The zero-order valence-electron chi connectivity index (χ0n) is 15.7. The smallest absolute Gasteiger partial charge is 0.307 e. The van der Waals surface area contributed by atoms with Gasteiger partial charge in [0.1, 0.15) is 5.82 Å². The molecule has 144 valence electrons. The summed E-state index contributed by atoms with van der Waals surface area (Å²) in [6, 6.07) is 26.4. The summed E-state index contributed by atoms with van der Waals surface area (Å²) in [7, 11) is 0. The van der Waals surface area contributed by atoms with E-state index in [0.717, 1.165) is 11.1 Å². The average Bonchev–Trinajstić information content (AvgIpc) is 2.77. The van der Waals surface area contributed by atoms with Crippen molar-refractivity contribution in [1.82, 2.24) is 9.97 Å². The SMILES string of the molecule is O=C(CCc1nc2ccccc2c(=O)[nH]1)OC(c1ccccc1)c1ccccc1. The Morgan fingerprint density at radius 3 is 2.10 bits per heavy atom. The number of ether oxygens (including phenoxy) is 1. The molecule has 0 saturated carbocycles. The number of nitrogens with one attached hydrogen (secondary N) is 1. The molecule has 29 heavy (non-hydrogen) atoms. The number of aromatic amines is 1. The van der Waals surface area contributed by atoms with Crippen LogP contribution in [0.15, 0.2) is 89.7 Å². The number of hydrogen-bond donors (Lipinski definition) is 1. The van der Waals surface area contributed by atoms with Crippen LogP contribution in [0.2, 0.25) is 0 Å². The van der Waals surface area contributed by atoms with Gasteiger partial charge >= 0.3 is 5.97 Å². The van der Waals surface area contributed by atoms with Crippen molar-refractivity contribution < 1.29 is 9.53 Å². The number of H-pyrrole nitrogens is 1. The first-order valence-electron chi connectivity index (χ1n) is 9.48. The second-order valence-corrected chi connectivity index (χ2v) is 6.72. The molecular formula is C24H20N2O3. The Labute approximate surface area is 168 Å². The lowest BCUT2D eigenvalue weighted by molar-refractivity contribution is -0.147. The van der Waals surface area contributed by atoms with E-state index in [9.17, 15) is 9.59 Å². The van der Waals surface area contributed by atoms with Crippen LogP contribution in [0, 0.1) is 0 Å². The first kappa shape index (κ1) is 18.6. The minimum atomic E-state index is -0.478. The summed E-state index contributed by atoms with van der Waals surface area (Å²) in [4.78, 5) is 31.9. The molecule has 1 N–H and O–H groups in total. The number of aryl methyl sites for hydroxylation is 1. The Morgan fingerprint density at radius 1 is 0.862 bits per heavy atom. The molecule has 0 amide bonds. The second-order valence-electron chi connectivity index (χ2n) is 6.72. The van der Waals surface area contributed by atoms with Crippen LogP contribution in [0.4, 0.5) is 0 Å². The predicted molar refractivity (Wildman–Crippen MR) is 112 cm³/mol. The van der Waals surface area contributed by atoms with Crippen LogP contribution in [0.1, 0.15) is 29.5 Å². The molecule has 0 radical (unpaired) electrons. The van der Waals surface area contributed by atoms with Crippen molar-refractivity contribution in [2.75, 3.05) is 0 Å². The summed E-state index contributed by atoms with van der Waals surface area (Å²) in [5.74, 6) is 0.125. The van der Waals surface area contributed by atoms with Gasteiger partial charge in [-0.15, -0.1) is 0 Å². The van der Waals surface area contributed by atoms with Gasteiger partial charge in [0.2, 0.25) is 0 Å². The zero-order valence-corrected chi connectivity index (χ0v) is 15.7. The van der Waals surface area contributed by atoms with E-state index in [4.69, 9.17) is 4.74 Å². The highest BCUT2D eigenvalue weighted by Crippen LogP contribution is 2.26. The highest BCUT2D eigenvalue weighted by Gasteiger charge is 2.19. The van der Waals surface area contributed by atoms with E-state index < -0.39 is 6.10 Å². The molecule has 0 aliphatic rings. The molecule has 0 fully saturated rings. The molecule has 1 heterocycles. The third-order valence-electron chi connectivity index (χ3n) is 4.68. The summed E-state index contributed by atoms with van der Waals surface area (Å²) in [5, 5.41) is 0.534. The summed E-state index contributed by atoms with van der Waals surface area (Å²) in [5.41, 5.74) is 2.23. The van der Waals surface area contributed by atoms with Crippen LogP contribution in [-0.4, -0.2) is 15.9 Å². The lowest BCUT2D eigenvalue weighted by Crippen LogP contribution is -2.16. The van der Waals surface area contributed by atoms with Crippen molar-refractivity contribution in [2.24, 2.45) is 0 Å². The topological polar surface area (TPSA) is 72.0 Å². The van der Waals surface area contributed by atoms with Gasteiger partial charge in [0.15, 0.2) is 6.10 Å². The van der Waals surface area contributed by atoms with Gasteiger partial charge in [0, 0.05) is 6.42 Å². The van der Waals surface area contributed by atoms with Gasteiger partial charge in [0.25, 0.3) is 5.56 Å². The first-order valence-corrected chi connectivity index (χ1v) is 9.48. The molecular weight excluding hydrogens is 364 g/mol. The van der Waals surface area contributed by atoms with Crippen molar-refractivity contribution in [3.63, 3.8) is 0 Å². The number of rotatable bonds is 6. The minimum absolute atomic E-state index is 0.122. The molecule has 0 spiro atoms. The highest BCUT2D eigenvalue weighted by molar-refractivity contribution is 5.77. The molecule has 0 saturated heterocycles. The summed E-state index contributed by atoms with van der Waals surface area (Å²) in [6.07, 6.45) is -0.0550. The van der Waals surface area contributed by atoms with Crippen LogP contribution in [0.5, 0.6) is 0 Å². The van der Waals surface area contributed by atoms with Crippen molar-refractivity contribution in [1.29, 1.82) is 0 Å². The van der Waals surface area contributed by atoms with E-state index in [-0.39, 0.29) is 17.9 Å². The van der Waals surface area contributed by atoms with Gasteiger partial charge in [-0.3, -0.25) is 9.59 Å². The standard InChI is InChI=1S/C24H20N2O3/c27-22(16-15-21-25-20-14-8-7-13-19(20)24(28)26-21)29-23(17-9-3-1-4-10-17)18-11-5-2-6-12-18/h1-14,23H,15-16H2,(H,25,26,28). The number of para-hydroxylation sites is 1. The maximum absolute atomic E-state index is 12.6. The maximum atomic E-state index is 12.6. The highest BCUT2D eigenvalue weighted by atomic mass is 16.5. The van der Waals surface area contributed by atoms with Crippen molar-refractivity contribution in [3.8, 4) is 0 Å². The summed E-state index contributed by atoms with van der Waals surface area (Å²) in [6.45, 7) is 0. The van der Waals surface area contributed by atoms with Gasteiger partial charge in [-0.2, -0.15) is 0 Å². The monoisotopic (exact) mass is 384 g/mol. The molecule has 4 aromatic rings. The Kier molecular flexibility index (Phi) is 5.47. The van der Waals surface area contributed by atoms with E-state index in [2.05, 4.69) is 9.97 Å². The van der Waals surface area contributed by atoms with Crippen LogP contribution in [0.25, 0.3) is 10.9 Å². The predicted octanol–water partition coefficient (Wildman–Crippen LogP) is 4.19. The van der Waals surface area contributed by atoms with Crippen LogP contribution >= 0.6 is 0 Å². The largest absolute Gasteiger partial charge is 0.453 e. The first-order chi connectivity index (χ1) is 14.2. The van der Waals surface area contributed by atoms with Gasteiger partial charge in [0.05, 0.1) is 17.3 Å². The quantitative estimate of drug-likeness (QED) is 0.506. The zero-order chi connectivity index (χ0) is 20.1. The van der Waals surface area contributed by atoms with Crippen molar-refractivity contribution in [2.45, 2.75) is 18.9 Å².